The van der Waals surface area contributed by atoms with Gasteiger partial charge in [-0.05, 0) is 54.7 Å². The minimum atomic E-state index is -3.97. The standard InChI is InChI=1S/C25H28N2O4S/c1-16-12-17(2)24(18(3)13-16)32(29,30)27-23(25(28)31-4)15-21-11-10-20(14-22(21)26)19-8-6-5-7-9-19/h5-14,23,27H,15,26H2,1-4H3/t23-/m0/s1. The number of methoxy groups -OCH3 is 1. The Morgan fingerprint density at radius 1 is 0.969 bits per heavy atom. The van der Waals surface area contributed by atoms with Crippen LogP contribution < -0.4 is 10.5 Å². The van der Waals surface area contributed by atoms with Gasteiger partial charge in [0.2, 0.25) is 10.0 Å². The number of anilines is 1. The Morgan fingerprint density at radius 2 is 1.59 bits per heavy atom. The van der Waals surface area contributed by atoms with Gasteiger partial charge in [-0.2, -0.15) is 4.72 Å². The molecule has 0 bridgehead atoms. The van der Waals surface area contributed by atoms with Crippen LogP contribution in [-0.4, -0.2) is 27.5 Å². The van der Waals surface area contributed by atoms with E-state index in [0.29, 0.717) is 22.4 Å². The number of benzene rings is 3. The van der Waals surface area contributed by atoms with E-state index in [0.717, 1.165) is 16.7 Å². The van der Waals surface area contributed by atoms with E-state index in [9.17, 15) is 13.2 Å². The van der Waals surface area contributed by atoms with E-state index in [4.69, 9.17) is 10.5 Å². The second-order valence-corrected chi connectivity index (χ2v) is 9.56. The minimum absolute atomic E-state index is 0.0662. The first-order valence-electron chi connectivity index (χ1n) is 10.2. The van der Waals surface area contributed by atoms with Crippen LogP contribution in [-0.2, 0) is 26.0 Å². The van der Waals surface area contributed by atoms with E-state index in [-0.39, 0.29) is 11.3 Å². The number of rotatable bonds is 7. The highest BCUT2D eigenvalue weighted by molar-refractivity contribution is 7.89. The van der Waals surface area contributed by atoms with E-state index >= 15 is 0 Å². The van der Waals surface area contributed by atoms with Crippen LogP contribution in [0.4, 0.5) is 5.69 Å². The minimum Gasteiger partial charge on any atom is -0.468 e. The number of hydrogen-bond donors (Lipinski definition) is 2. The first-order chi connectivity index (χ1) is 15.1. The number of carbonyl (C=O) groups excluding carboxylic acids is 1. The molecule has 6 nitrogen and oxygen atoms in total. The summed E-state index contributed by atoms with van der Waals surface area (Å²) in [5, 5.41) is 0. The van der Waals surface area contributed by atoms with Crippen molar-refractivity contribution in [3.05, 3.63) is 82.9 Å². The largest absolute Gasteiger partial charge is 0.468 e. The maximum absolute atomic E-state index is 13.2. The molecule has 3 N–H and O–H groups in total. The van der Waals surface area contributed by atoms with Gasteiger partial charge in [-0.15, -0.1) is 0 Å². The van der Waals surface area contributed by atoms with Crippen molar-refractivity contribution < 1.29 is 17.9 Å². The maximum Gasteiger partial charge on any atom is 0.324 e. The zero-order valence-corrected chi connectivity index (χ0v) is 19.5. The number of ether oxygens (including phenoxy) is 1. The highest BCUT2D eigenvalue weighted by atomic mass is 32.2. The maximum atomic E-state index is 13.2. The molecule has 7 heteroatoms. The molecule has 3 aromatic rings. The molecule has 0 aromatic heterocycles. The first-order valence-corrected chi connectivity index (χ1v) is 11.7. The van der Waals surface area contributed by atoms with Crippen LogP contribution in [0.25, 0.3) is 11.1 Å². The van der Waals surface area contributed by atoms with Crippen LogP contribution in [0.15, 0.2) is 65.6 Å². The molecule has 0 heterocycles. The van der Waals surface area contributed by atoms with Crippen molar-refractivity contribution in [1.29, 1.82) is 0 Å². The normalized spacial score (nSPS) is 12.4. The number of sulfonamides is 1. The van der Waals surface area contributed by atoms with Crippen LogP contribution in [0, 0.1) is 20.8 Å². The van der Waals surface area contributed by atoms with E-state index in [2.05, 4.69) is 4.72 Å². The first kappa shape index (κ1) is 23.5. The topological polar surface area (TPSA) is 98.5 Å². The number of nitrogens with two attached hydrogens (primary N) is 1. The molecule has 0 radical (unpaired) electrons. The lowest BCUT2D eigenvalue weighted by Gasteiger charge is -2.20. The Balaban J connectivity index is 1.91. The average Bonchev–Trinajstić information content (AvgIpc) is 2.73. The Labute approximate surface area is 189 Å². The lowest BCUT2D eigenvalue weighted by atomic mass is 9.99. The molecule has 3 aromatic carbocycles. The van der Waals surface area contributed by atoms with Crippen molar-refractivity contribution in [3.8, 4) is 11.1 Å². The van der Waals surface area contributed by atoms with Gasteiger partial charge < -0.3 is 10.5 Å². The van der Waals surface area contributed by atoms with Gasteiger partial charge in [0.15, 0.2) is 0 Å². The van der Waals surface area contributed by atoms with Crippen LogP contribution in [0.5, 0.6) is 0 Å². The average molecular weight is 453 g/mol. The van der Waals surface area contributed by atoms with Gasteiger partial charge in [-0.1, -0.05) is 60.2 Å². The second kappa shape index (κ2) is 9.54. The highest BCUT2D eigenvalue weighted by Gasteiger charge is 2.29. The molecule has 32 heavy (non-hydrogen) atoms. The number of aryl methyl sites for hydroxylation is 3. The molecule has 3 rings (SSSR count). The SMILES string of the molecule is COC(=O)[C@H](Cc1ccc(-c2ccccc2)cc1N)NS(=O)(=O)c1c(C)cc(C)cc1C. The van der Waals surface area contributed by atoms with Crippen molar-refractivity contribution in [2.45, 2.75) is 38.1 Å². The van der Waals surface area contributed by atoms with Crippen molar-refractivity contribution >= 4 is 21.7 Å². The molecule has 0 spiro atoms. The van der Waals surface area contributed by atoms with Crippen LogP contribution in [0.3, 0.4) is 0 Å². The van der Waals surface area contributed by atoms with Gasteiger partial charge in [0, 0.05) is 12.1 Å². The van der Waals surface area contributed by atoms with E-state index in [1.54, 1.807) is 26.0 Å². The zero-order chi connectivity index (χ0) is 23.5. The third-order valence-electron chi connectivity index (χ3n) is 5.33. The van der Waals surface area contributed by atoms with Gasteiger partial charge in [-0.25, -0.2) is 8.42 Å². The Morgan fingerprint density at radius 3 is 2.16 bits per heavy atom. The van der Waals surface area contributed by atoms with Crippen LogP contribution in [0.2, 0.25) is 0 Å². The Bertz CT molecular complexity index is 1220. The van der Waals surface area contributed by atoms with Gasteiger partial charge in [0.05, 0.1) is 12.0 Å². The molecule has 1 atom stereocenters. The predicted octanol–water partition coefficient (Wildman–Crippen LogP) is 3.92. The number of nitrogen functional groups attached to an aromatic ring is 1. The molecule has 168 valence electrons. The highest BCUT2D eigenvalue weighted by Crippen LogP contribution is 2.26. The molecule has 0 fully saturated rings. The quantitative estimate of drug-likeness (QED) is 0.418. The molecule has 0 aliphatic carbocycles. The van der Waals surface area contributed by atoms with E-state index in [1.807, 2.05) is 55.5 Å². The summed E-state index contributed by atoms with van der Waals surface area (Å²) >= 11 is 0. The van der Waals surface area contributed by atoms with E-state index in [1.165, 1.54) is 7.11 Å². The summed E-state index contributed by atoms with van der Waals surface area (Å²) < 4.78 is 33.8. The lowest BCUT2D eigenvalue weighted by molar-refractivity contribution is -0.142. The van der Waals surface area contributed by atoms with Crippen LogP contribution >= 0.6 is 0 Å². The fourth-order valence-electron chi connectivity index (χ4n) is 3.96. The summed E-state index contributed by atoms with van der Waals surface area (Å²) in [7, 11) is -2.74. The van der Waals surface area contributed by atoms with Gasteiger partial charge in [0.1, 0.15) is 6.04 Å². The number of esters is 1. The molecule has 0 unspecified atom stereocenters. The van der Waals surface area contributed by atoms with E-state index < -0.39 is 22.0 Å². The molecule has 0 aliphatic heterocycles. The molecule has 0 aliphatic rings. The molecule has 0 saturated heterocycles. The number of nitrogens with one attached hydrogen (secondary N) is 1. The van der Waals surface area contributed by atoms with Crippen LogP contribution in [0.1, 0.15) is 22.3 Å². The molecule has 0 amide bonds. The number of hydrogen-bond acceptors (Lipinski definition) is 5. The Kier molecular flexibility index (Phi) is 7.01. The molecular formula is C25H28N2O4S. The zero-order valence-electron chi connectivity index (χ0n) is 18.7. The Hall–Kier alpha value is -3.16. The number of carbonyl (C=O) groups is 1. The smallest absolute Gasteiger partial charge is 0.324 e. The summed E-state index contributed by atoms with van der Waals surface area (Å²) in [4.78, 5) is 12.6. The molecule has 0 saturated carbocycles. The fourth-order valence-corrected chi connectivity index (χ4v) is 5.60. The summed E-state index contributed by atoms with van der Waals surface area (Å²) in [6.45, 7) is 5.38. The van der Waals surface area contributed by atoms with Crippen molar-refractivity contribution in [1.82, 2.24) is 4.72 Å². The van der Waals surface area contributed by atoms with Crippen molar-refractivity contribution in [2.24, 2.45) is 0 Å². The second-order valence-electron chi connectivity index (χ2n) is 7.91. The monoisotopic (exact) mass is 452 g/mol. The lowest BCUT2D eigenvalue weighted by Crippen LogP contribution is -2.43. The fraction of sp³-hybridized carbons (Fsp3) is 0.240. The van der Waals surface area contributed by atoms with Gasteiger partial charge >= 0.3 is 5.97 Å². The third-order valence-corrected chi connectivity index (χ3v) is 7.11. The summed E-state index contributed by atoms with van der Waals surface area (Å²) in [5.74, 6) is -0.678. The van der Waals surface area contributed by atoms with Crippen molar-refractivity contribution in [2.75, 3.05) is 12.8 Å². The summed E-state index contributed by atoms with van der Waals surface area (Å²) in [5.41, 5.74) is 11.5. The van der Waals surface area contributed by atoms with Crippen molar-refractivity contribution in [3.63, 3.8) is 0 Å². The summed E-state index contributed by atoms with van der Waals surface area (Å²) in [6.07, 6.45) is 0.0662. The van der Waals surface area contributed by atoms with Gasteiger partial charge in [0.25, 0.3) is 0 Å². The molecular weight excluding hydrogens is 424 g/mol. The third kappa shape index (κ3) is 5.18. The van der Waals surface area contributed by atoms with Gasteiger partial charge in [-0.3, -0.25) is 4.79 Å². The summed E-state index contributed by atoms with van der Waals surface area (Å²) in [6, 6.07) is 17.8. The predicted molar refractivity (Wildman–Crippen MR) is 127 cm³/mol.